The fraction of sp³-hybridized carbons (Fsp3) is 0.0909. The molecule has 0 aliphatic heterocycles. The summed E-state index contributed by atoms with van der Waals surface area (Å²) < 4.78 is 15.4. The highest BCUT2D eigenvalue weighted by molar-refractivity contribution is 7.99. The van der Waals surface area contributed by atoms with E-state index in [9.17, 15) is 4.39 Å². The molecule has 0 fully saturated rings. The Hall–Kier alpha value is -2.02. The van der Waals surface area contributed by atoms with Crippen LogP contribution in [0, 0.1) is 5.82 Å². The zero-order chi connectivity index (χ0) is 13.1. The molecule has 1 heterocycles. The monoisotopic (exact) mass is 266 g/mol. The van der Waals surface area contributed by atoms with Crippen molar-refractivity contribution in [3.8, 4) is 0 Å². The van der Waals surface area contributed by atoms with Crippen LogP contribution in [0.4, 0.5) is 4.39 Å². The molecule has 7 heteroatoms. The highest BCUT2D eigenvalue weighted by Crippen LogP contribution is 2.29. The van der Waals surface area contributed by atoms with Gasteiger partial charge in [-0.15, -0.1) is 0 Å². The third-order valence-electron chi connectivity index (χ3n) is 2.24. The number of hydrogen-bond acceptors (Lipinski definition) is 4. The van der Waals surface area contributed by atoms with Gasteiger partial charge < -0.3 is 10.9 Å². The molecule has 0 spiro atoms. The standard InChI is InChI=1S/C11H11FN4OS/c1-16-6-8(5-14-16)18-10-3-2-7(4-9(10)12)11(13)15-17/h2-6,17H,1H3,(H2,13,15). The van der Waals surface area contributed by atoms with Crippen LogP contribution in [0.1, 0.15) is 5.56 Å². The van der Waals surface area contributed by atoms with E-state index in [0.29, 0.717) is 10.5 Å². The first-order valence-corrected chi connectivity index (χ1v) is 5.86. The van der Waals surface area contributed by atoms with E-state index in [-0.39, 0.29) is 5.84 Å². The molecule has 2 aromatic rings. The van der Waals surface area contributed by atoms with Crippen LogP contribution in [0.2, 0.25) is 0 Å². The number of nitrogens with zero attached hydrogens (tertiary/aromatic N) is 3. The number of halogens is 1. The normalized spacial score (nSPS) is 11.8. The molecule has 0 saturated carbocycles. The molecule has 5 nitrogen and oxygen atoms in total. The molecule has 0 unspecified atom stereocenters. The first-order valence-electron chi connectivity index (χ1n) is 5.04. The Morgan fingerprint density at radius 1 is 1.56 bits per heavy atom. The maximum atomic E-state index is 13.8. The van der Waals surface area contributed by atoms with Gasteiger partial charge in [0.15, 0.2) is 5.84 Å². The lowest BCUT2D eigenvalue weighted by molar-refractivity contribution is 0.318. The van der Waals surface area contributed by atoms with Gasteiger partial charge in [0.1, 0.15) is 5.82 Å². The van der Waals surface area contributed by atoms with Crippen LogP contribution in [0.15, 0.2) is 45.5 Å². The molecule has 0 amide bonds. The van der Waals surface area contributed by atoms with Gasteiger partial charge in [-0.2, -0.15) is 5.10 Å². The summed E-state index contributed by atoms with van der Waals surface area (Å²) in [4.78, 5) is 1.30. The number of hydrogen-bond donors (Lipinski definition) is 2. The van der Waals surface area contributed by atoms with Crippen molar-refractivity contribution in [1.82, 2.24) is 9.78 Å². The fourth-order valence-electron chi connectivity index (χ4n) is 1.38. The highest BCUT2D eigenvalue weighted by atomic mass is 32.2. The Balaban J connectivity index is 2.25. The number of aromatic nitrogens is 2. The summed E-state index contributed by atoms with van der Waals surface area (Å²) in [6.07, 6.45) is 3.45. The highest BCUT2D eigenvalue weighted by Gasteiger charge is 2.08. The summed E-state index contributed by atoms with van der Waals surface area (Å²) in [5.41, 5.74) is 5.72. The molecule has 0 saturated heterocycles. The topological polar surface area (TPSA) is 76.4 Å². The molecule has 3 N–H and O–H groups in total. The van der Waals surface area contributed by atoms with Gasteiger partial charge in [0.05, 0.1) is 11.1 Å². The van der Waals surface area contributed by atoms with E-state index < -0.39 is 5.82 Å². The molecular weight excluding hydrogens is 255 g/mol. The van der Waals surface area contributed by atoms with Gasteiger partial charge in [0.2, 0.25) is 0 Å². The van der Waals surface area contributed by atoms with Crippen LogP contribution in [0.25, 0.3) is 0 Å². The SMILES string of the molecule is Cn1cc(Sc2ccc(/C(N)=N/O)cc2F)cn1. The van der Waals surface area contributed by atoms with E-state index in [1.807, 2.05) is 0 Å². The van der Waals surface area contributed by atoms with Crippen LogP contribution in [0.3, 0.4) is 0 Å². The van der Waals surface area contributed by atoms with Crippen LogP contribution in [-0.2, 0) is 7.05 Å². The maximum Gasteiger partial charge on any atom is 0.170 e. The molecule has 94 valence electrons. The number of aryl methyl sites for hydroxylation is 1. The van der Waals surface area contributed by atoms with Gasteiger partial charge in [-0.05, 0) is 18.2 Å². The van der Waals surface area contributed by atoms with E-state index in [1.54, 1.807) is 36.3 Å². The molecule has 1 aromatic heterocycles. The molecule has 0 aliphatic rings. The van der Waals surface area contributed by atoms with E-state index in [2.05, 4.69) is 10.3 Å². The van der Waals surface area contributed by atoms with Crippen molar-refractivity contribution in [1.29, 1.82) is 0 Å². The van der Waals surface area contributed by atoms with Crippen molar-refractivity contribution in [2.24, 2.45) is 17.9 Å². The van der Waals surface area contributed by atoms with E-state index >= 15 is 0 Å². The average molecular weight is 266 g/mol. The van der Waals surface area contributed by atoms with Gasteiger partial charge >= 0.3 is 0 Å². The van der Waals surface area contributed by atoms with Gasteiger partial charge in [-0.3, -0.25) is 4.68 Å². The van der Waals surface area contributed by atoms with Crippen molar-refractivity contribution in [3.63, 3.8) is 0 Å². The first-order chi connectivity index (χ1) is 8.60. The average Bonchev–Trinajstić information content (AvgIpc) is 2.76. The first kappa shape index (κ1) is 12.4. The van der Waals surface area contributed by atoms with Crippen molar-refractivity contribution in [3.05, 3.63) is 42.0 Å². The minimum absolute atomic E-state index is 0.119. The largest absolute Gasteiger partial charge is 0.409 e. The van der Waals surface area contributed by atoms with Gasteiger partial charge in [-0.25, -0.2) is 4.39 Å². The smallest absolute Gasteiger partial charge is 0.170 e. The number of benzene rings is 1. The second-order valence-corrected chi connectivity index (χ2v) is 4.70. The minimum Gasteiger partial charge on any atom is -0.409 e. The van der Waals surface area contributed by atoms with Gasteiger partial charge in [0, 0.05) is 23.7 Å². The number of amidine groups is 1. The third-order valence-corrected chi connectivity index (χ3v) is 3.24. The predicted octanol–water partition coefficient (Wildman–Crippen LogP) is 1.80. The van der Waals surface area contributed by atoms with Crippen LogP contribution in [0.5, 0.6) is 0 Å². The molecule has 0 aliphatic carbocycles. The predicted molar refractivity (Wildman–Crippen MR) is 66.2 cm³/mol. The summed E-state index contributed by atoms with van der Waals surface area (Å²) in [6.45, 7) is 0. The summed E-state index contributed by atoms with van der Waals surface area (Å²) in [5, 5.41) is 15.3. The third kappa shape index (κ3) is 2.62. The molecular formula is C11H11FN4OS. The quantitative estimate of drug-likeness (QED) is 0.384. The van der Waals surface area contributed by atoms with Crippen molar-refractivity contribution in [2.75, 3.05) is 0 Å². The summed E-state index contributed by atoms with van der Waals surface area (Å²) >= 11 is 1.26. The molecule has 1 aromatic carbocycles. The lowest BCUT2D eigenvalue weighted by Gasteiger charge is -2.03. The van der Waals surface area contributed by atoms with Crippen LogP contribution >= 0.6 is 11.8 Å². The Morgan fingerprint density at radius 2 is 2.33 bits per heavy atom. The lowest BCUT2D eigenvalue weighted by atomic mass is 10.2. The van der Waals surface area contributed by atoms with Crippen LogP contribution < -0.4 is 5.73 Å². The summed E-state index contributed by atoms with van der Waals surface area (Å²) in [5.74, 6) is -0.542. The van der Waals surface area contributed by atoms with Gasteiger partial charge in [0.25, 0.3) is 0 Å². The summed E-state index contributed by atoms with van der Waals surface area (Å²) in [7, 11) is 1.79. The second kappa shape index (κ2) is 5.09. The zero-order valence-corrected chi connectivity index (χ0v) is 10.4. The van der Waals surface area contributed by atoms with Crippen molar-refractivity contribution < 1.29 is 9.60 Å². The molecule has 0 radical (unpaired) electrons. The Kier molecular flexibility index (Phi) is 3.52. The number of rotatable bonds is 3. The molecule has 18 heavy (non-hydrogen) atoms. The number of nitrogens with two attached hydrogens (primary N) is 1. The lowest BCUT2D eigenvalue weighted by Crippen LogP contribution is -2.13. The summed E-state index contributed by atoms with van der Waals surface area (Å²) in [6, 6.07) is 4.41. The maximum absolute atomic E-state index is 13.8. The second-order valence-electron chi connectivity index (χ2n) is 3.58. The Labute approximate surface area is 107 Å². The minimum atomic E-state index is -0.423. The van der Waals surface area contributed by atoms with E-state index in [0.717, 1.165) is 4.90 Å². The van der Waals surface area contributed by atoms with E-state index in [1.165, 1.54) is 17.8 Å². The zero-order valence-electron chi connectivity index (χ0n) is 9.54. The van der Waals surface area contributed by atoms with Crippen molar-refractivity contribution >= 4 is 17.6 Å². The van der Waals surface area contributed by atoms with Crippen molar-refractivity contribution in [2.45, 2.75) is 9.79 Å². The molecule has 0 bridgehead atoms. The Bertz CT molecular complexity index is 596. The van der Waals surface area contributed by atoms with Gasteiger partial charge in [-0.1, -0.05) is 16.9 Å². The van der Waals surface area contributed by atoms with E-state index in [4.69, 9.17) is 10.9 Å². The number of oxime groups is 1. The molecule has 2 rings (SSSR count). The molecule has 0 atom stereocenters. The van der Waals surface area contributed by atoms with Crippen LogP contribution in [-0.4, -0.2) is 20.8 Å². The fourth-order valence-corrected chi connectivity index (χ4v) is 2.23. The Morgan fingerprint density at radius 3 is 2.89 bits per heavy atom.